The molecule has 0 bridgehead atoms. The van der Waals surface area contributed by atoms with E-state index in [9.17, 15) is 41.8 Å². The smallest absolute Gasteiger partial charge is 0.339 e. The molecule has 2 aliphatic rings. The van der Waals surface area contributed by atoms with Gasteiger partial charge >= 0.3 is 5.97 Å². The molecule has 2 saturated carbocycles. The standard InChI is InChI=1S/C31H29F5N2O4S/c1-37(43-28-26(35)24(33)23(32)25(34)27(28)36)31(13-14-31)30(42)38(20-11-12-21(29(40)41)22(39)15-20)16-17-7-9-19(10-8-17)18-5-3-2-4-6-18/h7-12,15,18,39H,2-6,13-14,16H2,1H3,(H,40,41). The number of likely N-dealkylation sites (N-methyl/N-ethyl adjacent to an activating group) is 1. The average Bonchev–Trinajstić information content (AvgIpc) is 3.82. The highest BCUT2D eigenvalue weighted by Crippen LogP contribution is 2.49. The molecule has 0 radical (unpaired) electrons. The van der Waals surface area contributed by atoms with Crippen molar-refractivity contribution in [3.05, 3.63) is 88.2 Å². The third-order valence-electron chi connectivity index (χ3n) is 8.29. The Kier molecular flexibility index (Phi) is 8.71. The quantitative estimate of drug-likeness (QED) is 0.111. The summed E-state index contributed by atoms with van der Waals surface area (Å²) in [6.45, 7) is 0.0123. The first kappa shape index (κ1) is 30.8. The summed E-state index contributed by atoms with van der Waals surface area (Å²) in [6.07, 6.45) is 6.22. The van der Waals surface area contributed by atoms with Crippen LogP contribution >= 0.6 is 11.9 Å². The van der Waals surface area contributed by atoms with E-state index in [1.807, 2.05) is 24.3 Å². The van der Waals surface area contributed by atoms with Crippen molar-refractivity contribution in [2.24, 2.45) is 0 Å². The van der Waals surface area contributed by atoms with E-state index in [-0.39, 0.29) is 42.6 Å². The number of hydrogen-bond donors (Lipinski definition) is 2. The predicted octanol–water partition coefficient (Wildman–Crippen LogP) is 7.54. The van der Waals surface area contributed by atoms with Crippen LogP contribution in [0, 0.1) is 29.1 Å². The van der Waals surface area contributed by atoms with Gasteiger partial charge in [-0.25, -0.2) is 31.1 Å². The van der Waals surface area contributed by atoms with E-state index >= 15 is 0 Å². The second-order valence-electron chi connectivity index (χ2n) is 11.0. The zero-order valence-corrected chi connectivity index (χ0v) is 24.0. The summed E-state index contributed by atoms with van der Waals surface area (Å²) in [4.78, 5) is 25.8. The SMILES string of the molecule is CN(Sc1c(F)c(F)c(F)c(F)c1F)C1(C(=O)N(Cc2ccc(C3CCCCC3)cc2)c2ccc(C(=O)O)c(O)c2)CC1. The first-order valence-corrected chi connectivity index (χ1v) is 14.6. The highest BCUT2D eigenvalue weighted by atomic mass is 32.2. The Bertz CT molecular complexity index is 1530. The van der Waals surface area contributed by atoms with Crippen LogP contribution in [0.4, 0.5) is 27.6 Å². The molecule has 0 unspecified atom stereocenters. The lowest BCUT2D eigenvalue weighted by Gasteiger charge is -2.32. The molecule has 0 aromatic heterocycles. The molecule has 0 spiro atoms. The lowest BCUT2D eigenvalue weighted by atomic mass is 9.84. The number of halogens is 5. The second kappa shape index (κ2) is 12.2. The van der Waals surface area contributed by atoms with Crippen molar-refractivity contribution < 1.29 is 41.8 Å². The van der Waals surface area contributed by atoms with Crippen LogP contribution in [0.2, 0.25) is 0 Å². The van der Waals surface area contributed by atoms with Gasteiger partial charge in [-0.15, -0.1) is 0 Å². The summed E-state index contributed by atoms with van der Waals surface area (Å²) < 4.78 is 71.4. The van der Waals surface area contributed by atoms with E-state index in [1.54, 1.807) is 0 Å². The lowest BCUT2D eigenvalue weighted by molar-refractivity contribution is -0.123. The fourth-order valence-electron chi connectivity index (χ4n) is 5.59. The third kappa shape index (κ3) is 5.95. The molecule has 5 rings (SSSR count). The Labute approximate surface area is 249 Å². The lowest BCUT2D eigenvalue weighted by Crippen LogP contribution is -2.47. The van der Waals surface area contributed by atoms with Crippen LogP contribution in [-0.2, 0) is 11.3 Å². The summed E-state index contributed by atoms with van der Waals surface area (Å²) >= 11 is 0.240. The monoisotopic (exact) mass is 620 g/mol. The van der Waals surface area contributed by atoms with Gasteiger partial charge in [0.15, 0.2) is 23.3 Å². The minimum atomic E-state index is -2.27. The number of aromatic hydroxyl groups is 1. The molecule has 0 saturated heterocycles. The zero-order valence-electron chi connectivity index (χ0n) is 23.2. The molecule has 1 amide bonds. The number of carboxylic acid groups (broad SMARTS) is 1. The van der Waals surface area contributed by atoms with Crippen LogP contribution in [0.5, 0.6) is 5.75 Å². The number of nitrogens with zero attached hydrogens (tertiary/aromatic N) is 2. The molecule has 2 aliphatic carbocycles. The van der Waals surface area contributed by atoms with Gasteiger partial charge in [-0.2, -0.15) is 0 Å². The molecule has 43 heavy (non-hydrogen) atoms. The summed E-state index contributed by atoms with van der Waals surface area (Å²) in [6, 6.07) is 11.5. The molecule has 6 nitrogen and oxygen atoms in total. The van der Waals surface area contributed by atoms with Gasteiger partial charge in [0, 0.05) is 11.8 Å². The largest absolute Gasteiger partial charge is 0.507 e. The summed E-state index contributed by atoms with van der Waals surface area (Å²) in [5, 5.41) is 19.7. The molecule has 0 aliphatic heterocycles. The van der Waals surface area contributed by atoms with Crippen molar-refractivity contribution in [3.8, 4) is 5.75 Å². The maximum Gasteiger partial charge on any atom is 0.339 e. The van der Waals surface area contributed by atoms with E-state index in [0.717, 1.165) is 30.5 Å². The minimum Gasteiger partial charge on any atom is -0.507 e. The van der Waals surface area contributed by atoms with Gasteiger partial charge in [0.1, 0.15) is 21.7 Å². The molecule has 12 heteroatoms. The number of amides is 1. The average molecular weight is 621 g/mol. The Balaban J connectivity index is 1.46. The number of rotatable bonds is 9. The van der Waals surface area contributed by atoms with Crippen molar-refractivity contribution in [2.45, 2.75) is 67.8 Å². The van der Waals surface area contributed by atoms with Crippen molar-refractivity contribution in [1.29, 1.82) is 0 Å². The zero-order chi connectivity index (χ0) is 31.1. The molecule has 3 aromatic rings. The normalized spacial score (nSPS) is 16.3. The van der Waals surface area contributed by atoms with Crippen molar-refractivity contribution in [2.75, 3.05) is 11.9 Å². The van der Waals surface area contributed by atoms with Gasteiger partial charge in [-0.05, 0) is 73.9 Å². The number of phenols is 1. The molecule has 0 heterocycles. The van der Waals surface area contributed by atoms with Crippen LogP contribution in [0.3, 0.4) is 0 Å². The van der Waals surface area contributed by atoms with Crippen LogP contribution < -0.4 is 4.90 Å². The van der Waals surface area contributed by atoms with Crippen molar-refractivity contribution >= 4 is 29.5 Å². The minimum absolute atomic E-state index is 0.0123. The number of carbonyl (C=O) groups is 2. The van der Waals surface area contributed by atoms with Crippen molar-refractivity contribution in [1.82, 2.24) is 4.31 Å². The Hall–Kier alpha value is -3.64. The first-order valence-electron chi connectivity index (χ1n) is 13.8. The van der Waals surface area contributed by atoms with Gasteiger partial charge in [0.05, 0.1) is 6.54 Å². The van der Waals surface area contributed by atoms with Crippen LogP contribution in [0.1, 0.15) is 72.3 Å². The molecule has 2 N–H and O–H groups in total. The van der Waals surface area contributed by atoms with Gasteiger partial charge in [-0.3, -0.25) is 4.79 Å². The number of benzene rings is 3. The maximum absolute atomic E-state index is 14.5. The van der Waals surface area contributed by atoms with E-state index < -0.39 is 57.1 Å². The van der Waals surface area contributed by atoms with Gasteiger partial charge in [0.2, 0.25) is 11.7 Å². The van der Waals surface area contributed by atoms with Gasteiger partial charge in [-0.1, -0.05) is 43.5 Å². The Morgan fingerprint density at radius 1 is 0.884 bits per heavy atom. The van der Waals surface area contributed by atoms with E-state index in [4.69, 9.17) is 0 Å². The molecular formula is C31H29F5N2O4S. The van der Waals surface area contributed by atoms with E-state index in [2.05, 4.69) is 0 Å². The van der Waals surface area contributed by atoms with Crippen LogP contribution in [-0.4, -0.2) is 39.0 Å². The molecule has 3 aromatic carbocycles. The highest BCUT2D eigenvalue weighted by Gasteiger charge is 2.56. The third-order valence-corrected chi connectivity index (χ3v) is 9.45. The predicted molar refractivity (Wildman–Crippen MR) is 150 cm³/mol. The van der Waals surface area contributed by atoms with E-state index in [0.29, 0.717) is 5.92 Å². The number of carbonyl (C=O) groups excluding carboxylic acids is 1. The summed E-state index contributed by atoms with van der Waals surface area (Å²) in [7, 11) is 1.33. The summed E-state index contributed by atoms with van der Waals surface area (Å²) in [5.41, 5.74) is 0.370. The van der Waals surface area contributed by atoms with E-state index in [1.165, 1.54) is 47.1 Å². The topological polar surface area (TPSA) is 81.1 Å². The molecule has 228 valence electrons. The highest BCUT2D eigenvalue weighted by molar-refractivity contribution is 7.97. The molecule has 0 atom stereocenters. The fraction of sp³-hybridized carbons (Fsp3) is 0.355. The Morgan fingerprint density at radius 3 is 2.00 bits per heavy atom. The Morgan fingerprint density at radius 2 is 1.47 bits per heavy atom. The number of hydrogen-bond acceptors (Lipinski definition) is 5. The van der Waals surface area contributed by atoms with Gasteiger partial charge < -0.3 is 15.1 Å². The van der Waals surface area contributed by atoms with Crippen molar-refractivity contribution in [3.63, 3.8) is 0 Å². The summed E-state index contributed by atoms with van der Waals surface area (Å²) in [5.74, 6) is -12.5. The first-order chi connectivity index (χ1) is 20.4. The fourth-order valence-corrected chi connectivity index (χ4v) is 6.63. The molecule has 2 fully saturated rings. The number of aromatic carboxylic acids is 1. The number of anilines is 1. The van der Waals surface area contributed by atoms with Crippen LogP contribution in [0.25, 0.3) is 0 Å². The maximum atomic E-state index is 14.5. The van der Waals surface area contributed by atoms with Gasteiger partial charge in [0.25, 0.3) is 0 Å². The van der Waals surface area contributed by atoms with Crippen LogP contribution in [0.15, 0.2) is 47.4 Å². The molecular weight excluding hydrogens is 591 g/mol. The number of carboxylic acids is 1. The second-order valence-corrected chi connectivity index (χ2v) is 12.1.